The van der Waals surface area contributed by atoms with Crippen LogP contribution in [-0.4, -0.2) is 21.3 Å². The molecule has 1 heterocycles. The Hall–Kier alpha value is -3.00. The third-order valence-corrected chi connectivity index (χ3v) is 5.24. The summed E-state index contributed by atoms with van der Waals surface area (Å²) < 4.78 is 45.5. The summed E-state index contributed by atoms with van der Waals surface area (Å²) in [6, 6.07) is 9.32. The molecule has 0 radical (unpaired) electrons. The van der Waals surface area contributed by atoms with Gasteiger partial charge in [0.25, 0.3) is 0 Å². The highest BCUT2D eigenvalue weighted by Gasteiger charge is 2.31. The largest absolute Gasteiger partial charge is 0.573 e. The molecular formula is C22H21ClF3N3O2. The van der Waals surface area contributed by atoms with E-state index >= 15 is 0 Å². The maximum atomic E-state index is 12.8. The number of Topliss-reactive ketones (excluding diaryl/α,β-unsaturated/α-hetero) is 1. The fraction of sp³-hybridized carbons (Fsp3) is 0.273. The minimum absolute atomic E-state index is 0.123. The molecule has 0 bridgehead atoms. The molecule has 2 aromatic carbocycles. The van der Waals surface area contributed by atoms with Crippen LogP contribution < -0.4 is 10.4 Å². The highest BCUT2D eigenvalue weighted by Crippen LogP contribution is 2.26. The van der Waals surface area contributed by atoms with E-state index in [0.29, 0.717) is 17.0 Å². The van der Waals surface area contributed by atoms with E-state index in [0.717, 1.165) is 17.2 Å². The Balaban J connectivity index is 1.85. The lowest BCUT2D eigenvalue weighted by Gasteiger charge is -2.13. The summed E-state index contributed by atoms with van der Waals surface area (Å²) >= 11 is 6.02. The maximum absolute atomic E-state index is 12.8. The van der Waals surface area contributed by atoms with Gasteiger partial charge in [-0.05, 0) is 54.3 Å². The monoisotopic (exact) mass is 451 g/mol. The van der Waals surface area contributed by atoms with Crippen molar-refractivity contribution in [1.82, 2.24) is 9.13 Å². The van der Waals surface area contributed by atoms with Gasteiger partial charge in [-0.2, -0.15) is 0 Å². The average molecular weight is 452 g/mol. The molecule has 0 aliphatic heterocycles. The zero-order chi connectivity index (χ0) is 22.8. The van der Waals surface area contributed by atoms with Crippen molar-refractivity contribution >= 4 is 17.4 Å². The minimum Gasteiger partial charge on any atom is -0.406 e. The van der Waals surface area contributed by atoms with Gasteiger partial charge in [0, 0.05) is 36.4 Å². The summed E-state index contributed by atoms with van der Waals surface area (Å²) in [4.78, 5) is 12.8. The molecule has 5 nitrogen and oxygen atoms in total. The van der Waals surface area contributed by atoms with Gasteiger partial charge in [-0.25, -0.2) is 0 Å². The van der Waals surface area contributed by atoms with Crippen LogP contribution in [0.2, 0.25) is 5.02 Å². The average Bonchev–Trinajstić information content (AvgIpc) is 2.99. The number of hydrogen-bond acceptors (Lipinski definition) is 3. The Morgan fingerprint density at radius 1 is 1.13 bits per heavy atom. The lowest BCUT2D eigenvalue weighted by Crippen LogP contribution is -2.23. The molecule has 3 aromatic rings. The molecule has 0 spiro atoms. The first-order chi connectivity index (χ1) is 14.5. The van der Waals surface area contributed by atoms with E-state index in [1.54, 1.807) is 34.6 Å². The van der Waals surface area contributed by atoms with E-state index < -0.39 is 12.1 Å². The van der Waals surface area contributed by atoms with Gasteiger partial charge in [0.1, 0.15) is 5.75 Å². The summed E-state index contributed by atoms with van der Waals surface area (Å²) in [5.41, 5.74) is 2.54. The van der Waals surface area contributed by atoms with Crippen molar-refractivity contribution in [3.8, 4) is 5.75 Å². The Kier molecular flexibility index (Phi) is 6.59. The highest BCUT2D eigenvalue weighted by molar-refractivity contribution is 6.31. The number of hydrogen-bond donors (Lipinski definition) is 1. The summed E-state index contributed by atoms with van der Waals surface area (Å²) in [7, 11) is 1.69. The first-order valence-electron chi connectivity index (χ1n) is 9.46. The third kappa shape index (κ3) is 6.01. The van der Waals surface area contributed by atoms with Gasteiger partial charge in [0.05, 0.1) is 6.54 Å². The number of halogens is 4. The zero-order valence-electron chi connectivity index (χ0n) is 17.0. The summed E-state index contributed by atoms with van der Waals surface area (Å²) in [6.07, 6.45) is -1.01. The fourth-order valence-corrected chi connectivity index (χ4v) is 3.34. The standard InChI is InChI=1S/C22H21ClF3N3O2/c1-14-9-15(3-5-19(14)23)4-6-20(30)17-10-16(11-18(12-17)31-22(24,25)26)13-29-8-7-28(2)21(29)27/h3,5,7-12,27H,4,6,13H2,1-2H3. The second-order valence-corrected chi connectivity index (χ2v) is 7.69. The van der Waals surface area contributed by atoms with Crippen LogP contribution in [0.15, 0.2) is 48.8 Å². The van der Waals surface area contributed by atoms with Gasteiger partial charge in [0.2, 0.25) is 5.62 Å². The molecule has 0 aliphatic rings. The first kappa shape index (κ1) is 22.7. The molecule has 0 amide bonds. The number of imidazole rings is 1. The number of carbonyl (C=O) groups excluding carboxylic acids is 1. The van der Waals surface area contributed by atoms with Crippen LogP contribution in [0.3, 0.4) is 0 Å². The lowest BCUT2D eigenvalue weighted by atomic mass is 10.00. The van der Waals surface area contributed by atoms with Crippen LogP contribution in [0.5, 0.6) is 5.75 Å². The number of carbonyl (C=O) groups is 1. The number of benzene rings is 2. The number of ketones is 1. The molecular weight excluding hydrogens is 431 g/mol. The summed E-state index contributed by atoms with van der Waals surface area (Å²) in [6.45, 7) is 1.99. The molecule has 9 heteroatoms. The van der Waals surface area contributed by atoms with Crippen molar-refractivity contribution in [3.05, 3.63) is 81.7 Å². The Bertz CT molecular complexity index is 1170. The Morgan fingerprint density at radius 2 is 1.87 bits per heavy atom. The van der Waals surface area contributed by atoms with Crippen molar-refractivity contribution in [2.75, 3.05) is 0 Å². The quantitative estimate of drug-likeness (QED) is 0.512. The van der Waals surface area contributed by atoms with E-state index in [9.17, 15) is 18.0 Å². The van der Waals surface area contributed by atoms with Gasteiger partial charge in [0.15, 0.2) is 5.78 Å². The van der Waals surface area contributed by atoms with E-state index in [2.05, 4.69) is 4.74 Å². The van der Waals surface area contributed by atoms with Gasteiger partial charge in [-0.15, -0.1) is 13.2 Å². The van der Waals surface area contributed by atoms with Crippen LogP contribution in [0.1, 0.15) is 33.5 Å². The number of ether oxygens (including phenoxy) is 1. The topological polar surface area (TPSA) is 60.0 Å². The predicted octanol–water partition coefficient (Wildman–Crippen LogP) is 5.03. The fourth-order valence-electron chi connectivity index (χ4n) is 3.22. The summed E-state index contributed by atoms with van der Waals surface area (Å²) in [5.74, 6) is -0.760. The molecule has 164 valence electrons. The van der Waals surface area contributed by atoms with Crippen LogP contribution >= 0.6 is 11.6 Å². The zero-order valence-corrected chi connectivity index (χ0v) is 17.7. The van der Waals surface area contributed by atoms with Gasteiger partial charge >= 0.3 is 6.36 Å². The molecule has 0 aliphatic carbocycles. The van der Waals surface area contributed by atoms with E-state index in [-0.39, 0.29) is 29.9 Å². The number of rotatable bonds is 7. The van der Waals surface area contributed by atoms with E-state index in [4.69, 9.17) is 17.0 Å². The molecule has 0 saturated heterocycles. The van der Waals surface area contributed by atoms with Crippen molar-refractivity contribution in [2.24, 2.45) is 7.05 Å². The minimum atomic E-state index is -4.87. The molecule has 31 heavy (non-hydrogen) atoms. The van der Waals surface area contributed by atoms with E-state index in [1.807, 2.05) is 19.1 Å². The third-order valence-electron chi connectivity index (χ3n) is 4.81. The van der Waals surface area contributed by atoms with Crippen molar-refractivity contribution in [1.29, 1.82) is 5.41 Å². The maximum Gasteiger partial charge on any atom is 0.573 e. The second kappa shape index (κ2) is 9.01. The van der Waals surface area contributed by atoms with Crippen molar-refractivity contribution in [3.63, 3.8) is 0 Å². The second-order valence-electron chi connectivity index (χ2n) is 7.28. The molecule has 0 unspecified atom stereocenters. The molecule has 1 aromatic heterocycles. The normalized spacial score (nSPS) is 11.5. The highest BCUT2D eigenvalue weighted by atomic mass is 35.5. The smallest absolute Gasteiger partial charge is 0.406 e. The number of nitrogens with one attached hydrogen (secondary N) is 1. The Labute approximate surface area is 182 Å². The lowest BCUT2D eigenvalue weighted by molar-refractivity contribution is -0.274. The molecule has 0 saturated carbocycles. The molecule has 0 fully saturated rings. The number of nitrogens with zero attached hydrogens (tertiary/aromatic N) is 2. The molecule has 1 N–H and O–H groups in total. The SMILES string of the molecule is Cc1cc(CCC(=O)c2cc(Cn3ccn(C)c3=N)cc(OC(F)(F)F)c2)ccc1Cl. The summed E-state index contributed by atoms with van der Waals surface area (Å²) in [5, 5.41) is 8.62. The van der Waals surface area contributed by atoms with Gasteiger partial charge in [-0.3, -0.25) is 10.2 Å². The van der Waals surface area contributed by atoms with Crippen molar-refractivity contribution in [2.45, 2.75) is 32.7 Å². The number of aromatic nitrogens is 2. The number of aryl methyl sites for hydroxylation is 3. The van der Waals surface area contributed by atoms with Crippen LogP contribution in [-0.2, 0) is 20.0 Å². The van der Waals surface area contributed by atoms with Crippen LogP contribution in [0.25, 0.3) is 0 Å². The van der Waals surface area contributed by atoms with E-state index in [1.165, 1.54) is 12.1 Å². The molecule has 0 atom stereocenters. The predicted molar refractivity (Wildman–Crippen MR) is 110 cm³/mol. The van der Waals surface area contributed by atoms with Crippen LogP contribution in [0, 0.1) is 12.3 Å². The van der Waals surface area contributed by atoms with Gasteiger partial charge in [-0.1, -0.05) is 23.7 Å². The Morgan fingerprint density at radius 3 is 2.48 bits per heavy atom. The molecule has 3 rings (SSSR count). The van der Waals surface area contributed by atoms with Crippen LogP contribution in [0.4, 0.5) is 13.2 Å². The number of alkyl halides is 3. The van der Waals surface area contributed by atoms with Crippen molar-refractivity contribution < 1.29 is 22.7 Å². The first-order valence-corrected chi connectivity index (χ1v) is 9.84. The van der Waals surface area contributed by atoms with Gasteiger partial charge < -0.3 is 13.9 Å².